The number of nitrogens with one attached hydrogen (secondary N) is 1. The summed E-state index contributed by atoms with van der Waals surface area (Å²) in [5.74, 6) is 0. The highest BCUT2D eigenvalue weighted by Gasteiger charge is 2.28. The van der Waals surface area contributed by atoms with Crippen LogP contribution in [0.5, 0.6) is 0 Å². The van der Waals surface area contributed by atoms with E-state index in [0.29, 0.717) is 0 Å². The van der Waals surface area contributed by atoms with Crippen LogP contribution in [-0.4, -0.2) is 19.8 Å². The summed E-state index contributed by atoms with van der Waals surface area (Å²) in [6.45, 7) is 4.64. The molecule has 1 heterocycles. The molecule has 0 amide bonds. The van der Waals surface area contributed by atoms with Gasteiger partial charge in [0.05, 0.1) is 18.8 Å². The number of morpholine rings is 1. The molecular weight excluding hydrogens is 242 g/mol. The Morgan fingerprint density at radius 2 is 2.36 bits per heavy atom. The van der Waals surface area contributed by atoms with Crippen LogP contribution in [0.25, 0.3) is 0 Å². The van der Waals surface area contributed by atoms with E-state index in [-0.39, 0.29) is 5.54 Å². The van der Waals surface area contributed by atoms with Crippen LogP contribution >= 0.6 is 15.9 Å². The van der Waals surface area contributed by atoms with Crippen LogP contribution in [0, 0.1) is 0 Å². The van der Waals surface area contributed by atoms with Gasteiger partial charge in [0.1, 0.15) is 0 Å². The highest BCUT2D eigenvalue weighted by atomic mass is 79.9. The van der Waals surface area contributed by atoms with Gasteiger partial charge in [0, 0.05) is 11.0 Å². The number of rotatable bonds is 1. The van der Waals surface area contributed by atoms with Gasteiger partial charge in [-0.3, -0.25) is 0 Å². The summed E-state index contributed by atoms with van der Waals surface area (Å²) >= 11 is 3.48. The minimum Gasteiger partial charge on any atom is -0.378 e. The predicted octanol–water partition coefficient (Wildman–Crippen LogP) is 2.28. The number of benzene rings is 1. The van der Waals surface area contributed by atoms with Crippen molar-refractivity contribution in [2.45, 2.75) is 12.5 Å². The predicted molar refractivity (Wildman–Crippen MR) is 60.3 cm³/mol. The van der Waals surface area contributed by atoms with Crippen molar-refractivity contribution < 1.29 is 4.74 Å². The van der Waals surface area contributed by atoms with E-state index in [2.05, 4.69) is 46.4 Å². The van der Waals surface area contributed by atoms with E-state index in [9.17, 15) is 0 Å². The highest BCUT2D eigenvalue weighted by molar-refractivity contribution is 9.10. The van der Waals surface area contributed by atoms with Crippen LogP contribution in [0.15, 0.2) is 28.7 Å². The van der Waals surface area contributed by atoms with Crippen LogP contribution in [0.3, 0.4) is 0 Å². The Hall–Kier alpha value is -0.380. The van der Waals surface area contributed by atoms with Crippen LogP contribution in [0.4, 0.5) is 0 Å². The van der Waals surface area contributed by atoms with E-state index < -0.39 is 0 Å². The fourth-order valence-corrected chi connectivity index (χ4v) is 2.14. The molecule has 1 N–H and O–H groups in total. The van der Waals surface area contributed by atoms with Gasteiger partial charge in [0.15, 0.2) is 0 Å². The lowest BCUT2D eigenvalue weighted by Crippen LogP contribution is -2.49. The van der Waals surface area contributed by atoms with Gasteiger partial charge in [0.2, 0.25) is 0 Å². The molecule has 0 aliphatic carbocycles. The second kappa shape index (κ2) is 4.01. The third-order valence-electron chi connectivity index (χ3n) is 2.61. The first kappa shape index (κ1) is 10.1. The molecule has 1 atom stereocenters. The molecule has 14 heavy (non-hydrogen) atoms. The summed E-state index contributed by atoms with van der Waals surface area (Å²) < 4.78 is 6.62. The lowest BCUT2D eigenvalue weighted by molar-refractivity contribution is 0.0339. The Morgan fingerprint density at radius 3 is 3.00 bits per heavy atom. The summed E-state index contributed by atoms with van der Waals surface area (Å²) in [6, 6.07) is 8.37. The second-order valence-electron chi connectivity index (χ2n) is 3.82. The maximum Gasteiger partial charge on any atom is 0.0688 e. The van der Waals surface area contributed by atoms with Crippen LogP contribution in [0.1, 0.15) is 12.5 Å². The average molecular weight is 256 g/mol. The van der Waals surface area contributed by atoms with Crippen molar-refractivity contribution in [1.82, 2.24) is 5.32 Å². The summed E-state index contributed by atoms with van der Waals surface area (Å²) in [4.78, 5) is 0. The van der Waals surface area contributed by atoms with E-state index in [1.54, 1.807) is 0 Å². The van der Waals surface area contributed by atoms with Crippen molar-refractivity contribution >= 4 is 15.9 Å². The molecule has 0 radical (unpaired) electrons. The summed E-state index contributed by atoms with van der Waals surface area (Å²) in [5.41, 5.74) is 1.23. The van der Waals surface area contributed by atoms with E-state index in [1.165, 1.54) is 5.56 Å². The minimum absolute atomic E-state index is 0.0397. The molecule has 1 aromatic rings. The minimum atomic E-state index is -0.0397. The smallest absolute Gasteiger partial charge is 0.0688 e. The monoisotopic (exact) mass is 255 g/mol. The lowest BCUT2D eigenvalue weighted by Gasteiger charge is -2.35. The number of hydrogen-bond acceptors (Lipinski definition) is 2. The molecule has 2 rings (SSSR count). The maximum absolute atomic E-state index is 5.50. The summed E-state index contributed by atoms with van der Waals surface area (Å²) in [6.07, 6.45) is 0. The SMILES string of the molecule is CC1(c2cccc(Br)c2)COCCN1. The molecule has 0 spiro atoms. The zero-order valence-corrected chi connectivity index (χ0v) is 9.80. The van der Waals surface area contributed by atoms with Crippen molar-refractivity contribution in [3.63, 3.8) is 0 Å². The quantitative estimate of drug-likeness (QED) is 0.832. The van der Waals surface area contributed by atoms with Gasteiger partial charge in [-0.2, -0.15) is 0 Å². The molecule has 1 aromatic carbocycles. The van der Waals surface area contributed by atoms with Gasteiger partial charge >= 0.3 is 0 Å². The van der Waals surface area contributed by atoms with Gasteiger partial charge in [-0.15, -0.1) is 0 Å². The van der Waals surface area contributed by atoms with Gasteiger partial charge in [-0.05, 0) is 24.6 Å². The molecule has 0 saturated carbocycles. The van der Waals surface area contributed by atoms with E-state index in [0.717, 1.165) is 24.2 Å². The molecule has 1 saturated heterocycles. The van der Waals surface area contributed by atoms with Gasteiger partial charge < -0.3 is 10.1 Å². The number of ether oxygens (including phenoxy) is 1. The molecule has 3 heteroatoms. The van der Waals surface area contributed by atoms with Gasteiger partial charge in [0.25, 0.3) is 0 Å². The first-order valence-corrected chi connectivity index (χ1v) is 5.59. The summed E-state index contributed by atoms with van der Waals surface area (Å²) in [5, 5.41) is 3.49. The lowest BCUT2D eigenvalue weighted by atomic mass is 9.92. The van der Waals surface area contributed by atoms with Crippen molar-refractivity contribution in [3.05, 3.63) is 34.3 Å². The van der Waals surface area contributed by atoms with Gasteiger partial charge in [-0.25, -0.2) is 0 Å². The summed E-state index contributed by atoms with van der Waals surface area (Å²) in [7, 11) is 0. The second-order valence-corrected chi connectivity index (χ2v) is 4.74. The Bertz CT molecular complexity index is 321. The standard InChI is InChI=1S/C11H14BrNO/c1-11(8-14-6-5-13-11)9-3-2-4-10(12)7-9/h2-4,7,13H,5-6,8H2,1H3. The van der Waals surface area contributed by atoms with Crippen molar-refractivity contribution in [3.8, 4) is 0 Å². The van der Waals surface area contributed by atoms with Crippen LogP contribution in [0.2, 0.25) is 0 Å². The average Bonchev–Trinajstić information content (AvgIpc) is 2.19. The fourth-order valence-electron chi connectivity index (χ4n) is 1.74. The molecule has 1 aliphatic heterocycles. The fraction of sp³-hybridized carbons (Fsp3) is 0.455. The third kappa shape index (κ3) is 2.00. The molecule has 0 aromatic heterocycles. The van der Waals surface area contributed by atoms with E-state index >= 15 is 0 Å². The number of hydrogen-bond donors (Lipinski definition) is 1. The Balaban J connectivity index is 2.28. The molecular formula is C11H14BrNO. The van der Waals surface area contributed by atoms with Gasteiger partial charge in [-0.1, -0.05) is 28.1 Å². The molecule has 0 bridgehead atoms. The highest BCUT2D eigenvalue weighted by Crippen LogP contribution is 2.25. The maximum atomic E-state index is 5.50. The number of halogens is 1. The first-order valence-electron chi connectivity index (χ1n) is 4.79. The van der Waals surface area contributed by atoms with Crippen LogP contribution < -0.4 is 5.32 Å². The van der Waals surface area contributed by atoms with Crippen LogP contribution in [-0.2, 0) is 10.3 Å². The Kier molecular flexibility index (Phi) is 2.91. The normalized spacial score (nSPS) is 27.6. The molecule has 76 valence electrons. The molecule has 2 nitrogen and oxygen atoms in total. The Morgan fingerprint density at radius 1 is 1.50 bits per heavy atom. The topological polar surface area (TPSA) is 21.3 Å². The van der Waals surface area contributed by atoms with Crippen molar-refractivity contribution in [2.75, 3.05) is 19.8 Å². The molecule has 1 fully saturated rings. The molecule has 1 unspecified atom stereocenters. The molecule has 1 aliphatic rings. The van der Waals surface area contributed by atoms with Crippen molar-refractivity contribution in [1.29, 1.82) is 0 Å². The largest absolute Gasteiger partial charge is 0.378 e. The Labute approximate surface area is 92.8 Å². The zero-order chi connectivity index (χ0) is 10.0. The van der Waals surface area contributed by atoms with E-state index in [4.69, 9.17) is 4.74 Å². The third-order valence-corrected chi connectivity index (χ3v) is 3.11. The first-order chi connectivity index (χ1) is 6.71. The van der Waals surface area contributed by atoms with Crippen molar-refractivity contribution in [2.24, 2.45) is 0 Å². The zero-order valence-electron chi connectivity index (χ0n) is 8.22. The van der Waals surface area contributed by atoms with E-state index in [1.807, 2.05) is 6.07 Å².